The highest BCUT2D eigenvalue weighted by Gasteiger charge is 2.28. The van der Waals surface area contributed by atoms with E-state index < -0.39 is 5.38 Å². The zero-order valence-corrected chi connectivity index (χ0v) is 10.3. The van der Waals surface area contributed by atoms with Crippen molar-refractivity contribution < 1.29 is 9.53 Å². The van der Waals surface area contributed by atoms with Crippen molar-refractivity contribution >= 4 is 17.5 Å². The molecule has 0 spiro atoms. The summed E-state index contributed by atoms with van der Waals surface area (Å²) in [6.07, 6.45) is 3.30. The van der Waals surface area contributed by atoms with E-state index in [-0.39, 0.29) is 11.9 Å². The first kappa shape index (κ1) is 12.8. The number of carbonyl (C=O) groups is 1. The van der Waals surface area contributed by atoms with E-state index in [9.17, 15) is 4.79 Å². The second-order valence-corrected chi connectivity index (χ2v) is 4.61. The largest absolute Gasteiger partial charge is 0.380 e. The molecule has 1 saturated heterocycles. The molecule has 0 unspecified atom stereocenters. The molecule has 3 nitrogen and oxygen atoms in total. The Kier molecular flexibility index (Phi) is 5.40. The van der Waals surface area contributed by atoms with Crippen molar-refractivity contribution in [3.63, 3.8) is 0 Å². The summed E-state index contributed by atoms with van der Waals surface area (Å²) >= 11 is 5.83. The molecule has 0 saturated carbocycles. The number of nitrogens with zero attached hydrogens (tertiary/aromatic N) is 1. The summed E-state index contributed by atoms with van der Waals surface area (Å²) in [6.45, 7) is 5.88. The predicted molar refractivity (Wildman–Crippen MR) is 61.2 cm³/mol. The van der Waals surface area contributed by atoms with Gasteiger partial charge in [-0.25, -0.2) is 0 Å². The second kappa shape index (κ2) is 6.33. The minimum atomic E-state index is -0.424. The van der Waals surface area contributed by atoms with E-state index >= 15 is 0 Å². The monoisotopic (exact) mass is 233 g/mol. The van der Waals surface area contributed by atoms with Crippen molar-refractivity contribution in [3.8, 4) is 0 Å². The summed E-state index contributed by atoms with van der Waals surface area (Å²) in [4.78, 5) is 13.7. The Morgan fingerprint density at radius 1 is 1.60 bits per heavy atom. The Labute approximate surface area is 96.7 Å². The molecule has 1 heterocycles. The van der Waals surface area contributed by atoms with Gasteiger partial charge in [0.05, 0.1) is 12.6 Å². The Morgan fingerprint density at radius 3 is 2.93 bits per heavy atom. The van der Waals surface area contributed by atoms with Gasteiger partial charge >= 0.3 is 0 Å². The van der Waals surface area contributed by atoms with E-state index in [1.165, 1.54) is 6.42 Å². The molecule has 1 aliphatic heterocycles. The standard InChI is InChI=1S/C11H20ClNO2/c1-3-15-8-10-6-4-5-7-13(10)11(14)9(2)12/h9-10H,3-8H2,1-2H3/t9-,10-/m0/s1. The van der Waals surface area contributed by atoms with Crippen LogP contribution in [0.5, 0.6) is 0 Å². The van der Waals surface area contributed by atoms with Gasteiger partial charge in [-0.2, -0.15) is 0 Å². The van der Waals surface area contributed by atoms with Gasteiger partial charge in [-0.3, -0.25) is 4.79 Å². The highest BCUT2D eigenvalue weighted by atomic mass is 35.5. The Morgan fingerprint density at radius 2 is 2.33 bits per heavy atom. The fraction of sp³-hybridized carbons (Fsp3) is 0.909. The van der Waals surface area contributed by atoms with Gasteiger partial charge in [-0.15, -0.1) is 11.6 Å². The average Bonchev–Trinajstić information content (AvgIpc) is 2.25. The molecule has 0 bridgehead atoms. The first-order valence-electron chi connectivity index (χ1n) is 5.69. The van der Waals surface area contributed by atoms with Gasteiger partial charge in [0.1, 0.15) is 5.38 Å². The third-order valence-electron chi connectivity index (χ3n) is 2.76. The normalized spacial score (nSPS) is 23.9. The number of likely N-dealkylation sites (tertiary alicyclic amines) is 1. The Balaban J connectivity index is 2.53. The topological polar surface area (TPSA) is 29.5 Å². The molecule has 0 aliphatic carbocycles. The molecule has 0 N–H and O–H groups in total. The molecular formula is C11H20ClNO2. The van der Waals surface area contributed by atoms with E-state index in [1.54, 1.807) is 6.92 Å². The van der Waals surface area contributed by atoms with Crippen molar-refractivity contribution in [2.24, 2.45) is 0 Å². The number of amides is 1. The molecule has 0 aromatic heterocycles. The molecule has 1 amide bonds. The molecule has 0 aromatic carbocycles. The van der Waals surface area contributed by atoms with Crippen LogP contribution >= 0.6 is 11.6 Å². The van der Waals surface area contributed by atoms with E-state index in [0.29, 0.717) is 13.2 Å². The van der Waals surface area contributed by atoms with Crippen LogP contribution in [0.2, 0.25) is 0 Å². The summed E-state index contributed by atoms with van der Waals surface area (Å²) in [6, 6.07) is 0.229. The summed E-state index contributed by atoms with van der Waals surface area (Å²) in [5, 5.41) is -0.424. The van der Waals surface area contributed by atoms with Crippen LogP contribution in [-0.4, -0.2) is 42.0 Å². The summed E-state index contributed by atoms with van der Waals surface area (Å²) in [5.41, 5.74) is 0. The third-order valence-corrected chi connectivity index (χ3v) is 2.95. The van der Waals surface area contributed by atoms with E-state index in [1.807, 2.05) is 11.8 Å². The lowest BCUT2D eigenvalue weighted by molar-refractivity contribution is -0.135. The van der Waals surface area contributed by atoms with Crippen LogP contribution in [0.3, 0.4) is 0 Å². The van der Waals surface area contributed by atoms with Crippen LogP contribution in [0.15, 0.2) is 0 Å². The summed E-state index contributed by atoms with van der Waals surface area (Å²) in [7, 11) is 0. The first-order chi connectivity index (χ1) is 7.16. The Hall–Kier alpha value is -0.280. The second-order valence-electron chi connectivity index (χ2n) is 3.96. The minimum absolute atomic E-state index is 0.0427. The van der Waals surface area contributed by atoms with Crippen molar-refractivity contribution in [2.45, 2.75) is 44.5 Å². The number of rotatable bonds is 4. The van der Waals surface area contributed by atoms with Crippen LogP contribution in [0.1, 0.15) is 33.1 Å². The third kappa shape index (κ3) is 3.65. The minimum Gasteiger partial charge on any atom is -0.380 e. The first-order valence-corrected chi connectivity index (χ1v) is 6.12. The summed E-state index contributed by atoms with van der Waals surface area (Å²) in [5.74, 6) is 0.0427. The van der Waals surface area contributed by atoms with Gasteiger partial charge in [-0.1, -0.05) is 0 Å². The molecule has 0 aromatic rings. The van der Waals surface area contributed by atoms with Crippen molar-refractivity contribution in [1.82, 2.24) is 4.90 Å². The summed E-state index contributed by atoms with van der Waals surface area (Å²) < 4.78 is 5.40. The number of piperidine rings is 1. The van der Waals surface area contributed by atoms with Gasteiger partial charge in [0.25, 0.3) is 0 Å². The van der Waals surface area contributed by atoms with Crippen molar-refractivity contribution in [2.75, 3.05) is 19.8 Å². The molecule has 88 valence electrons. The highest BCUT2D eigenvalue weighted by Crippen LogP contribution is 2.19. The molecular weight excluding hydrogens is 214 g/mol. The molecule has 2 atom stereocenters. The van der Waals surface area contributed by atoms with Gasteiger partial charge in [0.15, 0.2) is 0 Å². The van der Waals surface area contributed by atoms with Crippen LogP contribution in [0.25, 0.3) is 0 Å². The van der Waals surface area contributed by atoms with Gasteiger partial charge in [-0.05, 0) is 33.1 Å². The van der Waals surface area contributed by atoms with Crippen molar-refractivity contribution in [3.05, 3.63) is 0 Å². The van der Waals surface area contributed by atoms with E-state index in [0.717, 1.165) is 19.4 Å². The Bertz CT molecular complexity index is 209. The lowest BCUT2D eigenvalue weighted by atomic mass is 10.0. The fourth-order valence-electron chi connectivity index (χ4n) is 1.95. The fourth-order valence-corrected chi connectivity index (χ4v) is 2.07. The highest BCUT2D eigenvalue weighted by molar-refractivity contribution is 6.30. The van der Waals surface area contributed by atoms with Gasteiger partial charge in [0, 0.05) is 13.2 Å². The number of hydrogen-bond donors (Lipinski definition) is 0. The number of carbonyl (C=O) groups excluding carboxylic acids is 1. The van der Waals surface area contributed by atoms with E-state index in [2.05, 4.69) is 0 Å². The van der Waals surface area contributed by atoms with Gasteiger partial charge < -0.3 is 9.64 Å². The molecule has 1 fully saturated rings. The smallest absolute Gasteiger partial charge is 0.240 e. The van der Waals surface area contributed by atoms with Crippen LogP contribution in [0, 0.1) is 0 Å². The van der Waals surface area contributed by atoms with Gasteiger partial charge in [0.2, 0.25) is 5.91 Å². The number of alkyl halides is 1. The maximum Gasteiger partial charge on any atom is 0.240 e. The quantitative estimate of drug-likeness (QED) is 0.696. The van der Waals surface area contributed by atoms with Crippen molar-refractivity contribution in [1.29, 1.82) is 0 Å². The molecule has 15 heavy (non-hydrogen) atoms. The maximum absolute atomic E-state index is 11.8. The zero-order valence-electron chi connectivity index (χ0n) is 9.54. The maximum atomic E-state index is 11.8. The predicted octanol–water partition coefficient (Wildman–Crippen LogP) is 2.03. The molecule has 1 rings (SSSR count). The SMILES string of the molecule is CCOC[C@@H]1CCCCN1C(=O)[C@H](C)Cl. The van der Waals surface area contributed by atoms with Crippen LogP contribution < -0.4 is 0 Å². The number of ether oxygens (including phenoxy) is 1. The number of halogens is 1. The lowest BCUT2D eigenvalue weighted by Crippen LogP contribution is -2.48. The lowest BCUT2D eigenvalue weighted by Gasteiger charge is -2.36. The molecule has 4 heteroatoms. The molecule has 1 aliphatic rings. The number of hydrogen-bond acceptors (Lipinski definition) is 2. The molecule has 0 radical (unpaired) electrons. The van der Waals surface area contributed by atoms with E-state index in [4.69, 9.17) is 16.3 Å². The zero-order chi connectivity index (χ0) is 11.3. The average molecular weight is 234 g/mol. The van der Waals surface area contributed by atoms with Crippen LogP contribution in [0.4, 0.5) is 0 Å². The van der Waals surface area contributed by atoms with Crippen LogP contribution in [-0.2, 0) is 9.53 Å².